The molecule has 0 radical (unpaired) electrons. The number of nitrogens with zero attached hydrogens (tertiary/aromatic N) is 3. The maximum absolute atomic E-state index is 4.36. The Kier molecular flexibility index (Phi) is 6.38. The molecule has 0 aliphatic carbocycles. The fraction of sp³-hybridized carbons (Fsp3) is 0.538. The minimum atomic E-state index is 0.935. The molecule has 0 bridgehead atoms. The van der Waals surface area contributed by atoms with Gasteiger partial charge in [0.05, 0.1) is 5.69 Å². The zero-order chi connectivity index (χ0) is 12.7. The van der Waals surface area contributed by atoms with E-state index in [2.05, 4.69) is 10.1 Å². The summed E-state index contributed by atoms with van der Waals surface area (Å²) >= 11 is 0. The Morgan fingerprint density at radius 3 is 2.00 bits per heavy atom. The van der Waals surface area contributed by atoms with Crippen molar-refractivity contribution in [2.45, 2.75) is 48.5 Å². The van der Waals surface area contributed by atoms with E-state index in [0.717, 1.165) is 22.7 Å². The molecule has 0 amide bonds. The number of hydrogen-bond acceptors (Lipinski definition) is 2. The minimum absolute atomic E-state index is 0.935. The topological polar surface area (TPSA) is 30.2 Å². The SMILES string of the molecule is CC.CC.Cc1cc(C)n2nc(C)cc2n1. The summed E-state index contributed by atoms with van der Waals surface area (Å²) in [4.78, 5) is 4.36. The first-order chi connectivity index (χ1) is 7.66. The molecule has 3 nitrogen and oxygen atoms in total. The van der Waals surface area contributed by atoms with Gasteiger partial charge in [0, 0.05) is 17.5 Å². The molecule has 2 rings (SSSR count). The van der Waals surface area contributed by atoms with E-state index in [4.69, 9.17) is 0 Å². The van der Waals surface area contributed by atoms with Gasteiger partial charge in [0.1, 0.15) is 0 Å². The maximum Gasteiger partial charge on any atom is 0.155 e. The molecule has 0 N–H and O–H groups in total. The molecule has 16 heavy (non-hydrogen) atoms. The smallest absolute Gasteiger partial charge is 0.155 e. The van der Waals surface area contributed by atoms with Gasteiger partial charge in [-0.1, -0.05) is 27.7 Å². The monoisotopic (exact) mass is 221 g/mol. The van der Waals surface area contributed by atoms with Crippen LogP contribution in [-0.4, -0.2) is 14.6 Å². The van der Waals surface area contributed by atoms with Crippen molar-refractivity contribution in [1.82, 2.24) is 14.6 Å². The summed E-state index contributed by atoms with van der Waals surface area (Å²) in [5, 5.41) is 4.31. The van der Waals surface area contributed by atoms with E-state index in [9.17, 15) is 0 Å². The predicted octanol–water partition coefficient (Wildman–Crippen LogP) is 3.71. The van der Waals surface area contributed by atoms with Crippen molar-refractivity contribution >= 4 is 5.65 Å². The van der Waals surface area contributed by atoms with Crippen LogP contribution in [0.25, 0.3) is 5.65 Å². The third-order valence-electron chi connectivity index (χ3n) is 1.86. The van der Waals surface area contributed by atoms with Gasteiger partial charge in [-0.3, -0.25) is 0 Å². The van der Waals surface area contributed by atoms with E-state index in [1.54, 1.807) is 0 Å². The summed E-state index contributed by atoms with van der Waals surface area (Å²) in [6, 6.07) is 4.01. The number of rotatable bonds is 0. The van der Waals surface area contributed by atoms with Gasteiger partial charge >= 0.3 is 0 Å². The van der Waals surface area contributed by atoms with Crippen LogP contribution in [0.5, 0.6) is 0 Å². The van der Waals surface area contributed by atoms with Gasteiger partial charge in [0.2, 0.25) is 0 Å². The molecule has 0 atom stereocenters. The van der Waals surface area contributed by atoms with Gasteiger partial charge in [0.25, 0.3) is 0 Å². The van der Waals surface area contributed by atoms with Crippen molar-refractivity contribution in [3.05, 3.63) is 29.2 Å². The van der Waals surface area contributed by atoms with Crippen LogP contribution in [0.3, 0.4) is 0 Å². The summed E-state index contributed by atoms with van der Waals surface area (Å²) in [5.74, 6) is 0. The molecule has 0 saturated heterocycles. The Bertz CT molecular complexity index is 430. The molecule has 2 heterocycles. The fourth-order valence-corrected chi connectivity index (χ4v) is 1.40. The number of aryl methyl sites for hydroxylation is 3. The van der Waals surface area contributed by atoms with Crippen LogP contribution in [-0.2, 0) is 0 Å². The first-order valence-corrected chi connectivity index (χ1v) is 5.97. The highest BCUT2D eigenvalue weighted by Gasteiger charge is 2.01. The van der Waals surface area contributed by atoms with Crippen molar-refractivity contribution < 1.29 is 0 Å². The predicted molar refractivity (Wildman–Crippen MR) is 69.9 cm³/mol. The Hall–Kier alpha value is -1.38. The second kappa shape index (κ2) is 6.99. The van der Waals surface area contributed by atoms with Gasteiger partial charge in [-0.25, -0.2) is 9.50 Å². The van der Waals surface area contributed by atoms with Crippen molar-refractivity contribution in [2.24, 2.45) is 0 Å². The van der Waals surface area contributed by atoms with Crippen LogP contribution in [0.1, 0.15) is 44.8 Å². The zero-order valence-electron chi connectivity index (χ0n) is 11.5. The Balaban J connectivity index is 0.000000509. The van der Waals surface area contributed by atoms with Crippen LogP contribution in [0.2, 0.25) is 0 Å². The van der Waals surface area contributed by atoms with E-state index < -0.39 is 0 Å². The third-order valence-corrected chi connectivity index (χ3v) is 1.86. The summed E-state index contributed by atoms with van der Waals surface area (Å²) < 4.78 is 1.86. The molecule has 0 aromatic carbocycles. The van der Waals surface area contributed by atoms with Gasteiger partial charge in [-0.2, -0.15) is 5.10 Å². The van der Waals surface area contributed by atoms with Crippen molar-refractivity contribution in [1.29, 1.82) is 0 Å². The molecule has 0 aliphatic heterocycles. The van der Waals surface area contributed by atoms with Crippen LogP contribution < -0.4 is 0 Å². The third kappa shape index (κ3) is 3.33. The van der Waals surface area contributed by atoms with E-state index >= 15 is 0 Å². The van der Waals surface area contributed by atoms with Gasteiger partial charge in [0.15, 0.2) is 5.65 Å². The van der Waals surface area contributed by atoms with Crippen LogP contribution in [0.4, 0.5) is 0 Å². The molecule has 0 spiro atoms. The van der Waals surface area contributed by atoms with E-state index in [-0.39, 0.29) is 0 Å². The highest BCUT2D eigenvalue weighted by atomic mass is 15.3. The Morgan fingerprint density at radius 2 is 1.44 bits per heavy atom. The summed E-state index contributed by atoms with van der Waals surface area (Å²) in [5.41, 5.74) is 4.12. The van der Waals surface area contributed by atoms with Crippen LogP contribution >= 0.6 is 0 Å². The molecule has 3 heteroatoms. The second-order valence-electron chi connectivity index (χ2n) is 3.09. The molecule has 0 saturated carbocycles. The lowest BCUT2D eigenvalue weighted by Crippen LogP contribution is -1.96. The standard InChI is InChI=1S/C9H11N3.2C2H6/c1-6-4-8(3)12-9(10-6)5-7(2)11-12;2*1-2/h4-5H,1-3H3;2*1-2H3. The number of fused-ring (bicyclic) bond motifs is 1. The molecule has 0 aliphatic rings. The Labute approximate surface area is 98.5 Å². The van der Waals surface area contributed by atoms with Gasteiger partial charge in [-0.15, -0.1) is 0 Å². The summed E-state index contributed by atoms with van der Waals surface area (Å²) in [6.45, 7) is 14.0. The van der Waals surface area contributed by atoms with Gasteiger partial charge < -0.3 is 0 Å². The largest absolute Gasteiger partial charge is 0.234 e. The molecule has 2 aromatic heterocycles. The highest BCUT2D eigenvalue weighted by Crippen LogP contribution is 2.07. The molecule has 2 aromatic rings. The van der Waals surface area contributed by atoms with Crippen LogP contribution in [0.15, 0.2) is 12.1 Å². The molecular formula is C13H23N3. The molecule has 0 fully saturated rings. The second-order valence-corrected chi connectivity index (χ2v) is 3.09. The molecule has 0 unspecified atom stereocenters. The van der Waals surface area contributed by atoms with E-state index in [1.165, 1.54) is 0 Å². The average Bonchev–Trinajstić information content (AvgIpc) is 2.65. The highest BCUT2D eigenvalue weighted by molar-refractivity contribution is 5.40. The fourth-order valence-electron chi connectivity index (χ4n) is 1.40. The van der Waals surface area contributed by atoms with Crippen LogP contribution in [0, 0.1) is 20.8 Å². The maximum atomic E-state index is 4.36. The number of hydrogen-bond donors (Lipinski definition) is 0. The normalized spacial score (nSPS) is 8.94. The van der Waals surface area contributed by atoms with E-state index in [1.807, 2.05) is 65.1 Å². The first-order valence-electron chi connectivity index (χ1n) is 5.97. The minimum Gasteiger partial charge on any atom is -0.234 e. The quantitative estimate of drug-likeness (QED) is 0.679. The summed E-state index contributed by atoms with van der Waals surface area (Å²) in [6.07, 6.45) is 0. The summed E-state index contributed by atoms with van der Waals surface area (Å²) in [7, 11) is 0. The lowest BCUT2D eigenvalue weighted by atomic mass is 10.3. The Morgan fingerprint density at radius 1 is 0.875 bits per heavy atom. The first kappa shape index (κ1) is 14.6. The van der Waals surface area contributed by atoms with Gasteiger partial charge in [-0.05, 0) is 26.8 Å². The van der Waals surface area contributed by atoms with Crippen molar-refractivity contribution in [3.63, 3.8) is 0 Å². The lowest BCUT2D eigenvalue weighted by Gasteiger charge is -1.98. The lowest BCUT2D eigenvalue weighted by molar-refractivity contribution is 0.870. The molecule has 90 valence electrons. The van der Waals surface area contributed by atoms with E-state index in [0.29, 0.717) is 0 Å². The average molecular weight is 221 g/mol. The van der Waals surface area contributed by atoms with Crippen molar-refractivity contribution in [3.8, 4) is 0 Å². The molecular weight excluding hydrogens is 198 g/mol. The number of aromatic nitrogens is 3. The van der Waals surface area contributed by atoms with Crippen molar-refractivity contribution in [2.75, 3.05) is 0 Å². The zero-order valence-corrected chi connectivity index (χ0v) is 11.5.